The first-order chi connectivity index (χ1) is 11.5. The Morgan fingerprint density at radius 3 is 2.88 bits per heavy atom. The molecule has 130 valence electrons. The summed E-state index contributed by atoms with van der Waals surface area (Å²) in [4.78, 5) is 16.5. The largest absolute Gasteiger partial charge is 0.383 e. The number of nitrogens with zero attached hydrogens (tertiary/aromatic N) is 3. The molecule has 1 fully saturated rings. The number of methoxy groups -OCH3 is 1. The molecule has 6 nitrogen and oxygen atoms in total. The van der Waals surface area contributed by atoms with E-state index in [1.165, 1.54) is 10.7 Å². The van der Waals surface area contributed by atoms with Crippen LogP contribution in [0.1, 0.15) is 42.1 Å². The molecule has 2 aromatic heterocycles. The smallest absolute Gasteiger partial charge is 0.264 e. The maximum Gasteiger partial charge on any atom is 0.264 e. The Bertz CT molecular complexity index is 756. The summed E-state index contributed by atoms with van der Waals surface area (Å²) >= 11 is 0. The summed E-state index contributed by atoms with van der Waals surface area (Å²) in [6.45, 7) is 2.39. The van der Waals surface area contributed by atoms with Crippen molar-refractivity contribution in [1.82, 2.24) is 20.1 Å². The highest BCUT2D eigenvalue weighted by Gasteiger charge is 2.29. The monoisotopic (exact) mass is 338 g/mol. The number of fused-ring (bicyclic) bond motifs is 1. The normalized spacial score (nSPS) is 14.5. The summed E-state index contributed by atoms with van der Waals surface area (Å²) in [6.07, 6.45) is -0.669. The van der Waals surface area contributed by atoms with Crippen molar-refractivity contribution in [2.45, 2.75) is 38.7 Å². The number of amides is 1. The molecule has 1 saturated carbocycles. The standard InChI is InChI=1S/C16H20F2N4O2/c1-9-14-11(15(17)18)7-12(10-3-4-10)20-16(14)22(21-9)8-13(23)19-5-6-24-2/h7,10,15H,3-6,8H2,1-2H3,(H,19,23). The SMILES string of the molecule is COCCNC(=O)Cn1nc(C)c2c(C(F)F)cc(C3CC3)nc21. The van der Waals surface area contributed by atoms with E-state index in [2.05, 4.69) is 15.4 Å². The molecule has 0 atom stereocenters. The zero-order valence-corrected chi connectivity index (χ0v) is 13.7. The van der Waals surface area contributed by atoms with E-state index in [0.717, 1.165) is 12.8 Å². The zero-order valence-electron chi connectivity index (χ0n) is 13.7. The van der Waals surface area contributed by atoms with Crippen LogP contribution in [-0.4, -0.2) is 40.9 Å². The first-order valence-corrected chi connectivity index (χ1v) is 7.93. The molecule has 24 heavy (non-hydrogen) atoms. The van der Waals surface area contributed by atoms with Crippen LogP contribution < -0.4 is 5.32 Å². The van der Waals surface area contributed by atoms with Crippen LogP contribution in [0.3, 0.4) is 0 Å². The van der Waals surface area contributed by atoms with Gasteiger partial charge in [-0.25, -0.2) is 18.4 Å². The van der Waals surface area contributed by atoms with Gasteiger partial charge in [0.1, 0.15) is 6.54 Å². The molecular weight excluding hydrogens is 318 g/mol. The average molecular weight is 338 g/mol. The van der Waals surface area contributed by atoms with Crippen LogP contribution in [0.4, 0.5) is 8.78 Å². The van der Waals surface area contributed by atoms with Crippen molar-refractivity contribution in [2.24, 2.45) is 0 Å². The molecular formula is C16H20F2N4O2. The van der Waals surface area contributed by atoms with Crippen LogP contribution in [0, 0.1) is 6.92 Å². The molecule has 0 spiro atoms. The lowest BCUT2D eigenvalue weighted by Crippen LogP contribution is -2.30. The van der Waals surface area contributed by atoms with Gasteiger partial charge in [-0.05, 0) is 25.8 Å². The number of aryl methyl sites for hydroxylation is 1. The summed E-state index contributed by atoms with van der Waals surface area (Å²) in [5, 5.41) is 7.29. The average Bonchev–Trinajstić information content (AvgIpc) is 3.33. The number of carbonyl (C=O) groups is 1. The molecule has 0 aromatic carbocycles. The molecule has 0 bridgehead atoms. The van der Waals surface area contributed by atoms with Crippen LogP contribution in [0.15, 0.2) is 6.07 Å². The Kier molecular flexibility index (Phi) is 4.75. The van der Waals surface area contributed by atoms with E-state index in [4.69, 9.17) is 4.74 Å². The molecule has 0 unspecified atom stereocenters. The fraction of sp³-hybridized carbons (Fsp3) is 0.562. The van der Waals surface area contributed by atoms with Gasteiger partial charge in [-0.2, -0.15) is 5.10 Å². The maximum atomic E-state index is 13.5. The Morgan fingerprint density at radius 1 is 1.50 bits per heavy atom. The Labute approximate surface area is 138 Å². The molecule has 8 heteroatoms. The third kappa shape index (κ3) is 3.38. The fourth-order valence-corrected chi connectivity index (χ4v) is 2.76. The number of ether oxygens (including phenoxy) is 1. The number of hydrogen-bond donors (Lipinski definition) is 1. The highest BCUT2D eigenvalue weighted by Crippen LogP contribution is 2.41. The van der Waals surface area contributed by atoms with Gasteiger partial charge < -0.3 is 10.1 Å². The third-order valence-corrected chi connectivity index (χ3v) is 4.08. The van der Waals surface area contributed by atoms with Crippen molar-refractivity contribution in [3.05, 3.63) is 23.0 Å². The van der Waals surface area contributed by atoms with E-state index in [-0.39, 0.29) is 23.9 Å². The summed E-state index contributed by atoms with van der Waals surface area (Å²) in [5.41, 5.74) is 1.43. The predicted molar refractivity (Wildman–Crippen MR) is 84.1 cm³/mol. The quantitative estimate of drug-likeness (QED) is 0.787. The molecule has 0 aliphatic heterocycles. The predicted octanol–water partition coefficient (Wildman–Crippen LogP) is 2.32. The third-order valence-electron chi connectivity index (χ3n) is 4.08. The minimum Gasteiger partial charge on any atom is -0.383 e. The zero-order chi connectivity index (χ0) is 17.3. The number of nitrogens with one attached hydrogen (secondary N) is 1. The van der Waals surface area contributed by atoms with Gasteiger partial charge in [-0.1, -0.05) is 0 Å². The van der Waals surface area contributed by atoms with E-state index < -0.39 is 6.43 Å². The lowest BCUT2D eigenvalue weighted by molar-refractivity contribution is -0.121. The summed E-state index contributed by atoms with van der Waals surface area (Å²) in [7, 11) is 1.55. The first-order valence-electron chi connectivity index (χ1n) is 7.93. The minimum absolute atomic E-state index is 0.0505. The maximum absolute atomic E-state index is 13.5. The van der Waals surface area contributed by atoms with Gasteiger partial charge in [0.2, 0.25) is 5.91 Å². The van der Waals surface area contributed by atoms with Crippen molar-refractivity contribution >= 4 is 16.9 Å². The second-order valence-corrected chi connectivity index (χ2v) is 6.00. The van der Waals surface area contributed by atoms with Crippen molar-refractivity contribution in [3.63, 3.8) is 0 Å². The van der Waals surface area contributed by atoms with Gasteiger partial charge in [-0.15, -0.1) is 0 Å². The number of hydrogen-bond acceptors (Lipinski definition) is 4. The van der Waals surface area contributed by atoms with Crippen LogP contribution >= 0.6 is 0 Å². The topological polar surface area (TPSA) is 69.0 Å². The van der Waals surface area contributed by atoms with Crippen LogP contribution in [0.5, 0.6) is 0 Å². The first kappa shape index (κ1) is 16.8. The van der Waals surface area contributed by atoms with Gasteiger partial charge in [0, 0.05) is 30.8 Å². The van der Waals surface area contributed by atoms with Crippen molar-refractivity contribution < 1.29 is 18.3 Å². The summed E-state index contributed by atoms with van der Waals surface area (Å²) in [5.74, 6) is -0.0141. The van der Waals surface area contributed by atoms with Crippen LogP contribution in [0.2, 0.25) is 0 Å². The highest BCUT2D eigenvalue weighted by atomic mass is 19.3. The second kappa shape index (κ2) is 6.80. The molecule has 1 aliphatic rings. The second-order valence-electron chi connectivity index (χ2n) is 6.00. The Hall–Kier alpha value is -2.09. The molecule has 1 amide bonds. The molecule has 0 radical (unpaired) electrons. The number of halogens is 2. The Morgan fingerprint density at radius 2 is 2.25 bits per heavy atom. The van der Waals surface area contributed by atoms with Gasteiger partial charge >= 0.3 is 0 Å². The highest BCUT2D eigenvalue weighted by molar-refractivity contribution is 5.85. The molecule has 2 heterocycles. The van der Waals surface area contributed by atoms with Gasteiger partial charge in [-0.3, -0.25) is 4.79 Å². The number of alkyl halides is 2. The van der Waals surface area contributed by atoms with E-state index in [9.17, 15) is 13.6 Å². The van der Waals surface area contributed by atoms with Crippen molar-refractivity contribution in [3.8, 4) is 0 Å². The Balaban J connectivity index is 1.95. The van der Waals surface area contributed by atoms with E-state index in [1.54, 1.807) is 14.0 Å². The van der Waals surface area contributed by atoms with Gasteiger partial charge in [0.25, 0.3) is 6.43 Å². The summed E-state index contributed by atoms with van der Waals surface area (Å²) < 4.78 is 33.2. The fourth-order valence-electron chi connectivity index (χ4n) is 2.76. The van der Waals surface area contributed by atoms with Gasteiger partial charge in [0.05, 0.1) is 17.7 Å². The minimum atomic E-state index is -2.60. The van der Waals surface area contributed by atoms with E-state index in [1.807, 2.05) is 0 Å². The van der Waals surface area contributed by atoms with E-state index >= 15 is 0 Å². The molecule has 3 rings (SSSR count). The lowest BCUT2D eigenvalue weighted by Gasteiger charge is -2.08. The number of rotatable bonds is 7. The summed E-state index contributed by atoms with van der Waals surface area (Å²) in [6, 6.07) is 1.49. The van der Waals surface area contributed by atoms with Crippen LogP contribution in [-0.2, 0) is 16.1 Å². The van der Waals surface area contributed by atoms with Gasteiger partial charge in [0.15, 0.2) is 5.65 Å². The molecule has 2 aromatic rings. The lowest BCUT2D eigenvalue weighted by atomic mass is 10.1. The molecule has 1 aliphatic carbocycles. The van der Waals surface area contributed by atoms with E-state index in [0.29, 0.717) is 35.6 Å². The molecule has 1 N–H and O–H groups in total. The number of aromatic nitrogens is 3. The molecule has 0 saturated heterocycles. The van der Waals surface area contributed by atoms with Crippen LogP contribution in [0.25, 0.3) is 11.0 Å². The number of carbonyl (C=O) groups excluding carboxylic acids is 1. The number of pyridine rings is 1. The van der Waals surface area contributed by atoms with Crippen molar-refractivity contribution in [1.29, 1.82) is 0 Å². The van der Waals surface area contributed by atoms with Crippen molar-refractivity contribution in [2.75, 3.05) is 20.3 Å².